The fourth-order valence-corrected chi connectivity index (χ4v) is 4.35. The van der Waals surface area contributed by atoms with Crippen LogP contribution < -0.4 is 0 Å². The summed E-state index contributed by atoms with van der Waals surface area (Å²) in [6.45, 7) is 4.69. The van der Waals surface area contributed by atoms with Crippen molar-refractivity contribution in [1.29, 1.82) is 0 Å². The fraction of sp³-hybridized carbons (Fsp3) is 0.625. The van der Waals surface area contributed by atoms with E-state index in [-0.39, 0.29) is 24.2 Å². The summed E-state index contributed by atoms with van der Waals surface area (Å²) < 4.78 is 11.2. The van der Waals surface area contributed by atoms with Gasteiger partial charge in [0.05, 0.1) is 20.6 Å². The van der Waals surface area contributed by atoms with E-state index in [4.69, 9.17) is 17.3 Å². The van der Waals surface area contributed by atoms with E-state index in [1.165, 1.54) is 11.3 Å². The third kappa shape index (κ3) is 4.99. The van der Waals surface area contributed by atoms with Crippen molar-refractivity contribution in [2.45, 2.75) is 51.6 Å². The van der Waals surface area contributed by atoms with E-state index < -0.39 is 0 Å². The van der Waals surface area contributed by atoms with Gasteiger partial charge >= 0.3 is 12.1 Å². The number of nitrogens with zero attached hydrogens (tertiary/aromatic N) is 1. The SMILES string of the molecule is [B]C[C@H]1CCOC(=O)N1CCCc1sc(C(=O)OC(C)C)cc1Br. The molecule has 1 saturated heterocycles. The second-order valence-electron chi connectivity index (χ2n) is 5.93. The molecule has 130 valence electrons. The van der Waals surface area contributed by atoms with Gasteiger partial charge < -0.3 is 14.4 Å². The second-order valence-corrected chi connectivity index (χ2v) is 7.92. The van der Waals surface area contributed by atoms with Gasteiger partial charge in [-0.25, -0.2) is 9.59 Å². The van der Waals surface area contributed by atoms with Gasteiger partial charge in [0.2, 0.25) is 0 Å². The average Bonchev–Trinajstić information content (AvgIpc) is 2.89. The van der Waals surface area contributed by atoms with Crippen LogP contribution in [0.3, 0.4) is 0 Å². The summed E-state index contributed by atoms with van der Waals surface area (Å²) in [5.74, 6) is -0.301. The number of hydrogen-bond donors (Lipinski definition) is 0. The van der Waals surface area contributed by atoms with E-state index in [0.717, 1.165) is 28.6 Å². The lowest BCUT2D eigenvalue weighted by Gasteiger charge is -2.34. The van der Waals surface area contributed by atoms with Gasteiger partial charge in [0, 0.05) is 28.4 Å². The molecule has 1 fully saturated rings. The normalized spacial score (nSPS) is 17.9. The van der Waals surface area contributed by atoms with E-state index in [9.17, 15) is 9.59 Å². The maximum atomic E-state index is 12.0. The predicted molar refractivity (Wildman–Crippen MR) is 97.9 cm³/mol. The highest BCUT2D eigenvalue weighted by atomic mass is 79.9. The van der Waals surface area contributed by atoms with Crippen LogP contribution in [0.15, 0.2) is 10.5 Å². The molecule has 0 unspecified atom stereocenters. The summed E-state index contributed by atoms with van der Waals surface area (Å²) in [6.07, 6.45) is 2.34. The zero-order valence-electron chi connectivity index (χ0n) is 13.9. The third-order valence-electron chi connectivity index (χ3n) is 3.73. The highest BCUT2D eigenvalue weighted by Crippen LogP contribution is 2.29. The van der Waals surface area contributed by atoms with Crippen LogP contribution >= 0.6 is 27.3 Å². The van der Waals surface area contributed by atoms with Gasteiger partial charge in [0.1, 0.15) is 4.88 Å². The first-order chi connectivity index (χ1) is 11.4. The monoisotopic (exact) mass is 413 g/mol. The molecule has 1 aliphatic heterocycles. The lowest BCUT2D eigenvalue weighted by Crippen LogP contribution is -2.45. The molecule has 1 atom stereocenters. The third-order valence-corrected chi connectivity index (χ3v) is 5.87. The van der Waals surface area contributed by atoms with Gasteiger partial charge in [0.25, 0.3) is 0 Å². The average molecular weight is 414 g/mol. The Labute approximate surface area is 156 Å². The van der Waals surface area contributed by atoms with Gasteiger partial charge in [0.15, 0.2) is 0 Å². The number of cyclic esters (lactones) is 1. The van der Waals surface area contributed by atoms with Crippen molar-refractivity contribution < 1.29 is 19.1 Å². The molecule has 5 nitrogen and oxygen atoms in total. The summed E-state index contributed by atoms with van der Waals surface area (Å²) in [4.78, 5) is 27.2. The fourth-order valence-electron chi connectivity index (χ4n) is 2.55. The summed E-state index contributed by atoms with van der Waals surface area (Å²) in [6, 6.07) is 1.84. The number of carbonyl (C=O) groups excluding carboxylic acids is 2. The maximum Gasteiger partial charge on any atom is 0.409 e. The van der Waals surface area contributed by atoms with Crippen LogP contribution in [0.4, 0.5) is 4.79 Å². The summed E-state index contributed by atoms with van der Waals surface area (Å²) in [5, 5.41) is 0. The quantitative estimate of drug-likeness (QED) is 0.503. The van der Waals surface area contributed by atoms with Crippen LogP contribution in [0.5, 0.6) is 0 Å². The Balaban J connectivity index is 1.91. The van der Waals surface area contributed by atoms with Gasteiger partial charge in [-0.05, 0) is 48.7 Å². The number of carbonyl (C=O) groups is 2. The van der Waals surface area contributed by atoms with E-state index in [1.807, 2.05) is 13.8 Å². The Kier molecular flexibility index (Phi) is 7.16. The molecule has 2 radical (unpaired) electrons. The van der Waals surface area contributed by atoms with Crippen LogP contribution in [-0.4, -0.2) is 50.1 Å². The molecule has 2 rings (SSSR count). The number of hydrogen-bond acceptors (Lipinski definition) is 5. The van der Waals surface area contributed by atoms with E-state index in [2.05, 4.69) is 15.9 Å². The van der Waals surface area contributed by atoms with Crippen LogP contribution in [0.1, 0.15) is 41.2 Å². The molecule has 0 N–H and O–H groups in total. The molecule has 0 aromatic carbocycles. The number of rotatable bonds is 7. The lowest BCUT2D eigenvalue weighted by atomic mass is 9.93. The van der Waals surface area contributed by atoms with Crippen molar-refractivity contribution in [3.05, 3.63) is 20.3 Å². The molecule has 8 heteroatoms. The molecule has 0 aliphatic carbocycles. The Bertz CT molecular complexity index is 593. The Morgan fingerprint density at radius 3 is 3.00 bits per heavy atom. The largest absolute Gasteiger partial charge is 0.459 e. The summed E-state index contributed by atoms with van der Waals surface area (Å²) in [7, 11) is 5.73. The number of aryl methyl sites for hydroxylation is 1. The minimum absolute atomic E-state index is 0.0506. The Hall–Kier alpha value is -1.02. The lowest BCUT2D eigenvalue weighted by molar-refractivity contribution is 0.0383. The van der Waals surface area contributed by atoms with Crippen LogP contribution in [0.2, 0.25) is 6.32 Å². The Morgan fingerprint density at radius 2 is 2.33 bits per heavy atom. The number of amides is 1. The maximum absolute atomic E-state index is 12.0. The standard InChI is InChI=1S/C16H21BBrNO4S/c1-10(2)23-15(20)14-8-12(18)13(24-14)4-3-6-19-11(9-17)5-7-22-16(19)21/h8,10-11H,3-7,9H2,1-2H3/t11-/m1/s1. The zero-order chi connectivity index (χ0) is 17.7. The van der Waals surface area contributed by atoms with Gasteiger partial charge in [-0.2, -0.15) is 0 Å². The minimum atomic E-state index is -0.301. The molecular weight excluding hydrogens is 393 g/mol. The van der Waals surface area contributed by atoms with Crippen molar-refractivity contribution in [2.75, 3.05) is 13.2 Å². The van der Waals surface area contributed by atoms with Crippen molar-refractivity contribution >= 4 is 47.2 Å². The molecule has 0 bridgehead atoms. The highest BCUT2D eigenvalue weighted by Gasteiger charge is 2.27. The van der Waals surface area contributed by atoms with E-state index in [1.54, 1.807) is 11.0 Å². The minimum Gasteiger partial charge on any atom is -0.459 e. The van der Waals surface area contributed by atoms with Gasteiger partial charge in [-0.1, -0.05) is 6.32 Å². The van der Waals surface area contributed by atoms with Crippen LogP contribution in [0, 0.1) is 0 Å². The number of esters is 1. The first-order valence-electron chi connectivity index (χ1n) is 8.05. The van der Waals surface area contributed by atoms with Gasteiger partial charge in [-0.15, -0.1) is 11.3 Å². The Morgan fingerprint density at radius 1 is 1.58 bits per heavy atom. The molecule has 1 aliphatic rings. The summed E-state index contributed by atoms with van der Waals surface area (Å²) >= 11 is 4.92. The van der Waals surface area contributed by atoms with E-state index in [0.29, 0.717) is 24.3 Å². The van der Waals surface area contributed by atoms with Crippen molar-refractivity contribution in [1.82, 2.24) is 4.90 Å². The predicted octanol–water partition coefficient (Wildman–Crippen LogP) is 3.81. The van der Waals surface area contributed by atoms with Crippen LogP contribution in [-0.2, 0) is 15.9 Å². The number of ether oxygens (including phenoxy) is 2. The molecule has 24 heavy (non-hydrogen) atoms. The topological polar surface area (TPSA) is 55.8 Å². The van der Waals surface area contributed by atoms with E-state index >= 15 is 0 Å². The van der Waals surface area contributed by atoms with Crippen molar-refractivity contribution in [3.63, 3.8) is 0 Å². The smallest absolute Gasteiger partial charge is 0.409 e. The van der Waals surface area contributed by atoms with Crippen LogP contribution in [0.25, 0.3) is 0 Å². The molecule has 0 saturated carbocycles. The molecular formula is C16H21BBrNO4S. The first-order valence-corrected chi connectivity index (χ1v) is 9.66. The van der Waals surface area contributed by atoms with Crippen molar-refractivity contribution in [2.24, 2.45) is 0 Å². The molecule has 0 spiro atoms. The zero-order valence-corrected chi connectivity index (χ0v) is 16.3. The molecule has 1 aromatic heterocycles. The number of halogens is 1. The highest BCUT2D eigenvalue weighted by molar-refractivity contribution is 9.10. The van der Waals surface area contributed by atoms with Gasteiger partial charge in [-0.3, -0.25) is 0 Å². The summed E-state index contributed by atoms with van der Waals surface area (Å²) in [5.41, 5.74) is 0. The van der Waals surface area contributed by atoms with Crippen molar-refractivity contribution in [3.8, 4) is 0 Å². The molecule has 1 amide bonds. The molecule has 1 aromatic rings. The molecule has 2 heterocycles. The number of thiophene rings is 1. The second kappa shape index (κ2) is 8.90. The first kappa shape index (κ1) is 19.3.